The Morgan fingerprint density at radius 2 is 2.47 bits per heavy atom. The lowest BCUT2D eigenvalue weighted by Gasteiger charge is -2.28. The predicted molar refractivity (Wildman–Crippen MR) is 70.3 cm³/mol. The maximum absolute atomic E-state index is 11.7. The Morgan fingerprint density at radius 1 is 1.59 bits per heavy atom. The van der Waals surface area contributed by atoms with Crippen LogP contribution in [0.2, 0.25) is 0 Å². The van der Waals surface area contributed by atoms with Crippen LogP contribution in [0, 0.1) is 5.92 Å². The van der Waals surface area contributed by atoms with Crippen molar-refractivity contribution in [3.8, 4) is 0 Å². The highest BCUT2D eigenvalue weighted by molar-refractivity contribution is 7.08. The molecule has 17 heavy (non-hydrogen) atoms. The van der Waals surface area contributed by atoms with Crippen LogP contribution in [0.1, 0.15) is 32.6 Å². The SMILES string of the molecule is CCOC(=O)C1CCCC(Nc2ccsc2)C1. The highest BCUT2D eigenvalue weighted by Crippen LogP contribution is 2.28. The first kappa shape index (κ1) is 12.4. The molecule has 1 fully saturated rings. The topological polar surface area (TPSA) is 38.3 Å². The molecule has 2 rings (SSSR count). The van der Waals surface area contributed by atoms with E-state index in [1.165, 1.54) is 5.69 Å². The van der Waals surface area contributed by atoms with Gasteiger partial charge in [0, 0.05) is 17.1 Å². The molecule has 0 amide bonds. The van der Waals surface area contributed by atoms with Crippen molar-refractivity contribution in [3.63, 3.8) is 0 Å². The quantitative estimate of drug-likeness (QED) is 0.837. The zero-order valence-corrected chi connectivity index (χ0v) is 11.0. The van der Waals surface area contributed by atoms with Gasteiger partial charge in [0.25, 0.3) is 0 Å². The maximum atomic E-state index is 11.7. The summed E-state index contributed by atoms with van der Waals surface area (Å²) in [6, 6.07) is 2.49. The van der Waals surface area contributed by atoms with E-state index in [2.05, 4.69) is 22.1 Å². The predicted octanol–water partition coefficient (Wildman–Crippen LogP) is 3.28. The van der Waals surface area contributed by atoms with Gasteiger partial charge in [0.15, 0.2) is 0 Å². The molecule has 0 aromatic carbocycles. The lowest BCUT2D eigenvalue weighted by atomic mass is 9.85. The minimum absolute atomic E-state index is 0.0238. The van der Waals surface area contributed by atoms with Gasteiger partial charge in [-0.2, -0.15) is 11.3 Å². The van der Waals surface area contributed by atoms with Crippen molar-refractivity contribution in [1.82, 2.24) is 0 Å². The van der Waals surface area contributed by atoms with E-state index in [4.69, 9.17) is 4.74 Å². The van der Waals surface area contributed by atoms with Crippen molar-refractivity contribution < 1.29 is 9.53 Å². The Morgan fingerprint density at radius 3 is 3.18 bits per heavy atom. The highest BCUT2D eigenvalue weighted by atomic mass is 32.1. The van der Waals surface area contributed by atoms with Crippen LogP contribution in [0.25, 0.3) is 0 Å². The van der Waals surface area contributed by atoms with Crippen LogP contribution in [0.15, 0.2) is 16.8 Å². The summed E-state index contributed by atoms with van der Waals surface area (Å²) < 4.78 is 5.10. The molecule has 1 N–H and O–H groups in total. The fourth-order valence-electron chi connectivity index (χ4n) is 2.38. The summed E-state index contributed by atoms with van der Waals surface area (Å²) in [4.78, 5) is 11.7. The third-order valence-electron chi connectivity index (χ3n) is 3.19. The second-order valence-corrected chi connectivity index (χ2v) is 5.25. The standard InChI is InChI=1S/C13H19NO2S/c1-2-16-13(15)10-4-3-5-11(8-10)14-12-6-7-17-9-12/h6-7,9-11,14H,2-5,8H2,1H3. The first-order valence-corrected chi connectivity index (χ1v) is 7.19. The van der Waals surface area contributed by atoms with Crippen molar-refractivity contribution >= 4 is 23.0 Å². The fraction of sp³-hybridized carbons (Fsp3) is 0.615. The number of thiophene rings is 1. The molecule has 0 bridgehead atoms. The van der Waals surface area contributed by atoms with Crippen LogP contribution in [-0.2, 0) is 9.53 Å². The van der Waals surface area contributed by atoms with Crippen molar-refractivity contribution in [2.24, 2.45) is 5.92 Å². The molecule has 4 heteroatoms. The van der Waals surface area contributed by atoms with Gasteiger partial charge in [-0.05, 0) is 37.6 Å². The molecule has 1 saturated carbocycles. The number of hydrogen-bond acceptors (Lipinski definition) is 4. The summed E-state index contributed by atoms with van der Waals surface area (Å²) in [5, 5.41) is 7.66. The molecule has 2 unspecified atom stereocenters. The summed E-state index contributed by atoms with van der Waals surface area (Å²) in [6.45, 7) is 2.35. The first-order valence-electron chi connectivity index (χ1n) is 6.25. The maximum Gasteiger partial charge on any atom is 0.308 e. The summed E-state index contributed by atoms with van der Waals surface area (Å²) in [5.41, 5.74) is 1.17. The average Bonchev–Trinajstić information content (AvgIpc) is 2.82. The van der Waals surface area contributed by atoms with Crippen LogP contribution in [0.3, 0.4) is 0 Å². The molecule has 0 aliphatic heterocycles. The van der Waals surface area contributed by atoms with Gasteiger partial charge in [-0.15, -0.1) is 0 Å². The van der Waals surface area contributed by atoms with Gasteiger partial charge in [-0.3, -0.25) is 4.79 Å². The monoisotopic (exact) mass is 253 g/mol. The van der Waals surface area contributed by atoms with Gasteiger partial charge >= 0.3 is 5.97 Å². The highest BCUT2D eigenvalue weighted by Gasteiger charge is 2.28. The molecule has 0 spiro atoms. The van der Waals surface area contributed by atoms with Gasteiger partial charge in [-0.1, -0.05) is 6.42 Å². The van der Waals surface area contributed by atoms with Crippen molar-refractivity contribution in [2.75, 3.05) is 11.9 Å². The molecule has 0 saturated heterocycles. The molecular weight excluding hydrogens is 234 g/mol. The van der Waals surface area contributed by atoms with E-state index in [1.54, 1.807) is 11.3 Å². The third kappa shape index (κ3) is 3.46. The van der Waals surface area contributed by atoms with Gasteiger partial charge in [-0.25, -0.2) is 0 Å². The lowest BCUT2D eigenvalue weighted by molar-refractivity contribution is -0.149. The summed E-state index contributed by atoms with van der Waals surface area (Å²) >= 11 is 1.69. The summed E-state index contributed by atoms with van der Waals surface area (Å²) in [7, 11) is 0. The number of anilines is 1. The van der Waals surface area contributed by atoms with Gasteiger partial charge < -0.3 is 10.1 Å². The number of esters is 1. The summed E-state index contributed by atoms with van der Waals surface area (Å²) in [5.74, 6) is 0.0594. The smallest absolute Gasteiger partial charge is 0.308 e. The first-order chi connectivity index (χ1) is 8.29. The van der Waals surface area contributed by atoms with Gasteiger partial charge in [0.05, 0.1) is 12.5 Å². The normalized spacial score (nSPS) is 24.3. The molecule has 2 atom stereocenters. The Bertz CT molecular complexity index is 350. The van der Waals surface area contributed by atoms with Crippen LogP contribution in [0.5, 0.6) is 0 Å². The van der Waals surface area contributed by atoms with E-state index in [1.807, 2.05) is 6.92 Å². The molecule has 3 nitrogen and oxygen atoms in total. The number of carbonyl (C=O) groups excluding carboxylic acids is 1. The number of hydrogen-bond donors (Lipinski definition) is 1. The molecule has 1 aromatic rings. The van der Waals surface area contributed by atoms with Gasteiger partial charge in [0.1, 0.15) is 0 Å². The zero-order valence-electron chi connectivity index (χ0n) is 10.1. The van der Waals surface area contributed by atoms with E-state index in [9.17, 15) is 4.79 Å². The number of nitrogens with one attached hydrogen (secondary N) is 1. The molecule has 94 valence electrons. The second kappa shape index (κ2) is 6.05. The van der Waals surface area contributed by atoms with E-state index in [0.29, 0.717) is 12.6 Å². The average molecular weight is 253 g/mol. The second-order valence-electron chi connectivity index (χ2n) is 4.47. The minimum Gasteiger partial charge on any atom is -0.466 e. The van der Waals surface area contributed by atoms with Crippen molar-refractivity contribution in [2.45, 2.75) is 38.6 Å². The Kier molecular flexibility index (Phi) is 4.42. The Labute approximate surface area is 106 Å². The lowest BCUT2D eigenvalue weighted by Crippen LogP contribution is -2.31. The third-order valence-corrected chi connectivity index (χ3v) is 3.87. The van der Waals surface area contributed by atoms with E-state index >= 15 is 0 Å². The van der Waals surface area contributed by atoms with E-state index < -0.39 is 0 Å². The molecule has 0 radical (unpaired) electrons. The van der Waals surface area contributed by atoms with Gasteiger partial charge in [0.2, 0.25) is 0 Å². The van der Waals surface area contributed by atoms with E-state index in [-0.39, 0.29) is 11.9 Å². The molecule has 1 aliphatic rings. The van der Waals surface area contributed by atoms with Crippen molar-refractivity contribution in [1.29, 1.82) is 0 Å². The van der Waals surface area contributed by atoms with Crippen molar-refractivity contribution in [3.05, 3.63) is 16.8 Å². The summed E-state index contributed by atoms with van der Waals surface area (Å²) in [6.07, 6.45) is 4.12. The van der Waals surface area contributed by atoms with Crippen LogP contribution in [-0.4, -0.2) is 18.6 Å². The molecule has 1 aliphatic carbocycles. The zero-order chi connectivity index (χ0) is 12.1. The number of ether oxygens (including phenoxy) is 1. The largest absolute Gasteiger partial charge is 0.466 e. The number of rotatable bonds is 4. The molecule has 1 heterocycles. The van der Waals surface area contributed by atoms with Crippen LogP contribution >= 0.6 is 11.3 Å². The molecular formula is C13H19NO2S. The fourth-order valence-corrected chi connectivity index (χ4v) is 2.97. The van der Waals surface area contributed by atoms with Crippen LogP contribution < -0.4 is 5.32 Å². The minimum atomic E-state index is -0.0238. The Balaban J connectivity index is 1.86. The Hall–Kier alpha value is -1.03. The molecule has 1 aromatic heterocycles. The van der Waals surface area contributed by atoms with Crippen LogP contribution in [0.4, 0.5) is 5.69 Å². The number of carbonyl (C=O) groups is 1. The van der Waals surface area contributed by atoms with E-state index in [0.717, 1.165) is 25.7 Å².